The van der Waals surface area contributed by atoms with E-state index in [1.54, 1.807) is 0 Å². The van der Waals surface area contributed by atoms with E-state index in [1.807, 2.05) is 24.3 Å². The van der Waals surface area contributed by atoms with Gasteiger partial charge in [-0.15, -0.1) is 11.3 Å². The molecule has 0 saturated heterocycles. The zero-order valence-corrected chi connectivity index (χ0v) is 15.1. The Morgan fingerprint density at radius 3 is 3.05 bits per heavy atom. The van der Waals surface area contributed by atoms with Gasteiger partial charge in [-0.1, -0.05) is 18.6 Å². The maximum Gasteiger partial charge on any atom is 0.148 e. The van der Waals surface area contributed by atoms with Gasteiger partial charge < -0.3 is 11.1 Å². The molecule has 2 aromatic rings. The Bertz CT molecular complexity index is 707. The maximum atomic E-state index is 5.92. The van der Waals surface area contributed by atoms with Gasteiger partial charge >= 0.3 is 0 Å². The van der Waals surface area contributed by atoms with Gasteiger partial charge in [0.2, 0.25) is 0 Å². The van der Waals surface area contributed by atoms with Crippen molar-refractivity contribution in [3.8, 4) is 0 Å². The molecule has 0 spiro atoms. The summed E-state index contributed by atoms with van der Waals surface area (Å²) in [6.07, 6.45) is 9.94. The highest BCUT2D eigenvalue weighted by Gasteiger charge is 2.23. The van der Waals surface area contributed by atoms with Gasteiger partial charge in [0.15, 0.2) is 0 Å². The molecule has 1 unspecified atom stereocenters. The minimum absolute atomic E-state index is 0.591. The third-order valence-electron chi connectivity index (χ3n) is 4.15. The van der Waals surface area contributed by atoms with E-state index in [0.717, 1.165) is 30.8 Å². The molecule has 0 aromatic carbocycles. The van der Waals surface area contributed by atoms with Gasteiger partial charge in [-0.05, 0) is 64.4 Å². The molecule has 0 amide bonds. The fourth-order valence-corrected chi connectivity index (χ4v) is 4.94. The first-order valence-corrected chi connectivity index (χ1v) is 9.86. The van der Waals surface area contributed by atoms with Gasteiger partial charge in [-0.2, -0.15) is 0 Å². The van der Waals surface area contributed by atoms with Crippen LogP contribution in [0.3, 0.4) is 0 Å². The van der Waals surface area contributed by atoms with E-state index in [2.05, 4.69) is 23.7 Å². The fourth-order valence-electron chi connectivity index (χ4n) is 2.52. The summed E-state index contributed by atoms with van der Waals surface area (Å²) in [7, 11) is 0.591. The molecule has 1 aliphatic carbocycles. The van der Waals surface area contributed by atoms with Crippen LogP contribution in [0.2, 0.25) is 0 Å². The minimum Gasteiger partial charge on any atom is -0.399 e. The number of allylic oxidation sites excluding steroid dienone is 3. The number of aryl methyl sites for hydroxylation is 1. The first kappa shape index (κ1) is 15.6. The summed E-state index contributed by atoms with van der Waals surface area (Å²) in [6, 6.07) is 0.679. The fraction of sp³-hybridized carbons (Fsp3) is 0.471. The largest absolute Gasteiger partial charge is 0.399 e. The number of hydrogen-bond donors (Lipinski definition) is 2. The van der Waals surface area contributed by atoms with Gasteiger partial charge in [-0.25, -0.2) is 4.75 Å². The number of aromatic nitrogens is 1. The number of thiophene rings is 1. The molecule has 2 heterocycles. The second-order valence-corrected chi connectivity index (χ2v) is 7.73. The molecular formula is C17H24N3PS. The molecule has 3 nitrogen and oxygen atoms in total. The van der Waals surface area contributed by atoms with Crippen LogP contribution in [0.1, 0.15) is 45.1 Å². The average molecular weight is 333 g/mol. The molecule has 3 N–H and O–H groups in total. The Kier molecular flexibility index (Phi) is 4.90. The first-order chi connectivity index (χ1) is 10.7. The monoisotopic (exact) mass is 333 g/mol. The Morgan fingerprint density at radius 2 is 2.36 bits per heavy atom. The number of fused-ring (bicyclic) bond motifs is 1. The van der Waals surface area contributed by atoms with E-state index in [-0.39, 0.29) is 0 Å². The summed E-state index contributed by atoms with van der Waals surface area (Å²) >= 11 is 1.85. The standard InChI is InChI=1S/C17H24N3PS/c1-3-11(9-13(18)4-2)5-6-12-10-22-16-15(12)21-20-17(16)19-14-7-8-14/h4,9-10,14,21H,3,5-8,18H2,1-2H3,(H,19,20)/b11-9+,13-4+. The average Bonchev–Trinajstić information content (AvgIpc) is 3.12. The van der Waals surface area contributed by atoms with Crippen LogP contribution in [-0.2, 0) is 6.42 Å². The summed E-state index contributed by atoms with van der Waals surface area (Å²) in [5.74, 6) is 1.15. The lowest BCUT2D eigenvalue weighted by Crippen LogP contribution is -2.00. The number of nitrogens with one attached hydrogen (secondary N) is 1. The molecule has 1 atom stereocenters. The quantitative estimate of drug-likeness (QED) is 0.698. The highest BCUT2D eigenvalue weighted by Crippen LogP contribution is 2.40. The normalized spacial score (nSPS) is 16.8. The van der Waals surface area contributed by atoms with Gasteiger partial charge in [0.25, 0.3) is 0 Å². The summed E-state index contributed by atoms with van der Waals surface area (Å²) in [4.78, 5) is 0. The topological polar surface area (TPSA) is 50.9 Å². The molecule has 2 aromatic heterocycles. The molecular weight excluding hydrogens is 309 g/mol. The zero-order chi connectivity index (χ0) is 15.5. The van der Waals surface area contributed by atoms with E-state index in [9.17, 15) is 0 Å². The van der Waals surface area contributed by atoms with Crippen molar-refractivity contribution >= 4 is 35.3 Å². The Labute approximate surface area is 137 Å². The minimum atomic E-state index is 0.591. The zero-order valence-electron chi connectivity index (χ0n) is 13.3. The van der Waals surface area contributed by atoms with Crippen molar-refractivity contribution in [1.82, 2.24) is 4.75 Å². The molecule has 0 aliphatic heterocycles. The van der Waals surface area contributed by atoms with Gasteiger partial charge in [0.05, 0.1) is 4.70 Å². The smallest absolute Gasteiger partial charge is 0.148 e. The van der Waals surface area contributed by atoms with Crippen LogP contribution in [0.25, 0.3) is 9.82 Å². The van der Waals surface area contributed by atoms with Crippen molar-refractivity contribution < 1.29 is 0 Å². The Balaban J connectivity index is 1.71. The van der Waals surface area contributed by atoms with Crippen molar-refractivity contribution in [2.75, 3.05) is 5.32 Å². The SMILES string of the molecule is C/C=C(N)\C=C(/CC)CCc1csc2c(NC3CC3)n[pH]c12. The van der Waals surface area contributed by atoms with Gasteiger partial charge in [0.1, 0.15) is 5.82 Å². The summed E-state index contributed by atoms with van der Waals surface area (Å²) in [5, 5.41) is 7.37. The molecule has 5 heteroatoms. The van der Waals surface area contributed by atoms with Crippen LogP contribution in [0.4, 0.5) is 5.82 Å². The highest BCUT2D eigenvalue weighted by atomic mass is 32.1. The van der Waals surface area contributed by atoms with Crippen LogP contribution in [0.5, 0.6) is 0 Å². The molecule has 0 radical (unpaired) electrons. The molecule has 1 saturated carbocycles. The Hall–Kier alpha value is -1.25. The van der Waals surface area contributed by atoms with Crippen LogP contribution < -0.4 is 11.1 Å². The summed E-state index contributed by atoms with van der Waals surface area (Å²) in [6.45, 7) is 4.19. The molecule has 0 bridgehead atoms. The summed E-state index contributed by atoms with van der Waals surface area (Å²) in [5.41, 5.74) is 9.69. The third-order valence-corrected chi connectivity index (χ3v) is 6.50. The van der Waals surface area contributed by atoms with Gasteiger partial charge in [0, 0.05) is 16.9 Å². The van der Waals surface area contributed by atoms with Crippen molar-refractivity contribution in [1.29, 1.82) is 0 Å². The van der Waals surface area contributed by atoms with E-state index >= 15 is 0 Å². The van der Waals surface area contributed by atoms with Crippen LogP contribution in [0.15, 0.2) is 28.8 Å². The molecule has 3 rings (SSSR count). The number of anilines is 1. The van der Waals surface area contributed by atoms with Crippen molar-refractivity contribution in [3.63, 3.8) is 0 Å². The van der Waals surface area contributed by atoms with Gasteiger partial charge in [-0.3, -0.25) is 0 Å². The molecule has 1 fully saturated rings. The lowest BCUT2D eigenvalue weighted by atomic mass is 10.0. The van der Waals surface area contributed by atoms with Crippen LogP contribution in [0, 0.1) is 0 Å². The number of nitrogens with two attached hydrogens (primary N) is 1. The number of hydrogen-bond acceptors (Lipinski definition) is 4. The second-order valence-electron chi connectivity index (χ2n) is 5.90. The van der Waals surface area contributed by atoms with E-state index < -0.39 is 0 Å². The van der Waals surface area contributed by atoms with E-state index in [4.69, 9.17) is 10.5 Å². The van der Waals surface area contributed by atoms with Crippen LogP contribution >= 0.6 is 19.7 Å². The first-order valence-electron chi connectivity index (χ1n) is 8.03. The predicted molar refractivity (Wildman–Crippen MR) is 100 cm³/mol. The number of nitrogens with zero attached hydrogens (tertiary/aromatic N) is 1. The number of rotatable bonds is 7. The third kappa shape index (κ3) is 3.56. The van der Waals surface area contributed by atoms with Crippen molar-refractivity contribution in [3.05, 3.63) is 34.4 Å². The van der Waals surface area contributed by atoms with E-state index in [1.165, 1.54) is 33.8 Å². The molecule has 118 valence electrons. The predicted octanol–water partition coefficient (Wildman–Crippen LogP) is 5.03. The molecule has 22 heavy (non-hydrogen) atoms. The maximum absolute atomic E-state index is 5.92. The second kappa shape index (κ2) is 6.89. The summed E-state index contributed by atoms with van der Waals surface area (Å²) < 4.78 is 6.10. The Morgan fingerprint density at radius 1 is 1.55 bits per heavy atom. The molecule has 1 aliphatic rings. The van der Waals surface area contributed by atoms with E-state index in [0.29, 0.717) is 14.4 Å². The lowest BCUT2D eigenvalue weighted by Gasteiger charge is -2.04. The van der Waals surface area contributed by atoms with Crippen LogP contribution in [-0.4, -0.2) is 10.8 Å². The van der Waals surface area contributed by atoms with Crippen molar-refractivity contribution in [2.24, 2.45) is 5.73 Å². The lowest BCUT2D eigenvalue weighted by molar-refractivity contribution is 0.889. The highest BCUT2D eigenvalue weighted by molar-refractivity contribution is 7.37. The van der Waals surface area contributed by atoms with Crippen molar-refractivity contribution in [2.45, 2.75) is 52.0 Å².